The standard InChI is InChI=1S/C24H20N2O5S/c1-29-20-13-15(14-21(30-2)23(20)31-3)12-18(16-8-10-17(11-9-16)26(27)28)24-25-19-6-4-5-7-22(19)32-24/h4-14H,1-3H3/b18-12-. The molecule has 0 saturated carbocycles. The second kappa shape index (κ2) is 9.07. The van der Waals surface area contributed by atoms with Gasteiger partial charge in [-0.2, -0.15) is 0 Å². The Bertz CT molecular complexity index is 1250. The van der Waals surface area contributed by atoms with Gasteiger partial charge in [-0.05, 0) is 53.6 Å². The molecule has 0 unspecified atom stereocenters. The molecular formula is C24H20N2O5S. The fourth-order valence-corrected chi connectivity index (χ4v) is 4.37. The number of fused-ring (bicyclic) bond motifs is 1. The van der Waals surface area contributed by atoms with Crippen LogP contribution in [0, 0.1) is 10.1 Å². The second-order valence-electron chi connectivity index (χ2n) is 6.81. The van der Waals surface area contributed by atoms with E-state index in [2.05, 4.69) is 0 Å². The van der Waals surface area contributed by atoms with Gasteiger partial charge < -0.3 is 14.2 Å². The number of benzene rings is 3. The Morgan fingerprint density at radius 2 is 1.62 bits per heavy atom. The maximum Gasteiger partial charge on any atom is 0.269 e. The Labute approximate surface area is 188 Å². The van der Waals surface area contributed by atoms with Crippen LogP contribution in [-0.4, -0.2) is 31.2 Å². The first-order valence-electron chi connectivity index (χ1n) is 9.66. The van der Waals surface area contributed by atoms with Crippen molar-refractivity contribution in [1.82, 2.24) is 4.98 Å². The van der Waals surface area contributed by atoms with Crippen molar-refractivity contribution in [2.24, 2.45) is 0 Å². The molecule has 162 valence electrons. The van der Waals surface area contributed by atoms with Crippen molar-refractivity contribution in [1.29, 1.82) is 0 Å². The van der Waals surface area contributed by atoms with Crippen LogP contribution in [0.4, 0.5) is 5.69 Å². The molecule has 4 rings (SSSR count). The van der Waals surface area contributed by atoms with E-state index in [1.165, 1.54) is 12.1 Å². The number of ether oxygens (including phenoxy) is 3. The van der Waals surface area contributed by atoms with Gasteiger partial charge in [0.2, 0.25) is 5.75 Å². The van der Waals surface area contributed by atoms with Crippen LogP contribution in [0.2, 0.25) is 0 Å². The number of nitro groups is 1. The van der Waals surface area contributed by atoms with Crippen molar-refractivity contribution in [3.8, 4) is 17.2 Å². The van der Waals surface area contributed by atoms with E-state index in [0.29, 0.717) is 17.2 Å². The number of hydrogen-bond donors (Lipinski definition) is 0. The van der Waals surface area contributed by atoms with Crippen LogP contribution in [0.1, 0.15) is 16.1 Å². The van der Waals surface area contributed by atoms with Crippen LogP contribution < -0.4 is 14.2 Å². The van der Waals surface area contributed by atoms with Crippen LogP contribution in [0.25, 0.3) is 21.9 Å². The quantitative estimate of drug-likeness (QED) is 0.201. The van der Waals surface area contributed by atoms with E-state index < -0.39 is 4.92 Å². The number of non-ortho nitro benzene ring substituents is 1. The number of aromatic nitrogens is 1. The lowest BCUT2D eigenvalue weighted by Crippen LogP contribution is -1.96. The van der Waals surface area contributed by atoms with E-state index in [-0.39, 0.29) is 5.69 Å². The third-order valence-corrected chi connectivity index (χ3v) is 5.98. The Hall–Kier alpha value is -3.91. The Kier molecular flexibility index (Phi) is 6.04. The van der Waals surface area contributed by atoms with Gasteiger partial charge in [0.25, 0.3) is 5.69 Å². The van der Waals surface area contributed by atoms with E-state index in [4.69, 9.17) is 19.2 Å². The summed E-state index contributed by atoms with van der Waals surface area (Å²) >= 11 is 1.56. The largest absolute Gasteiger partial charge is 0.493 e. The molecule has 0 bridgehead atoms. The normalized spacial score (nSPS) is 11.4. The number of rotatable bonds is 7. The molecule has 4 aromatic rings. The summed E-state index contributed by atoms with van der Waals surface area (Å²) in [5, 5.41) is 11.9. The van der Waals surface area contributed by atoms with Gasteiger partial charge in [-0.15, -0.1) is 11.3 Å². The molecule has 0 aliphatic rings. The molecule has 0 radical (unpaired) electrons. The van der Waals surface area contributed by atoms with Crippen LogP contribution in [0.5, 0.6) is 17.2 Å². The SMILES string of the molecule is COc1cc(/C=C(/c2ccc([N+](=O)[O-])cc2)c2nc3ccccc3s2)cc(OC)c1OC. The number of nitro benzene ring substituents is 1. The third-order valence-electron chi connectivity index (χ3n) is 4.91. The fourth-order valence-electron chi connectivity index (χ4n) is 3.37. The molecule has 0 saturated heterocycles. The zero-order valence-electron chi connectivity index (χ0n) is 17.7. The lowest BCUT2D eigenvalue weighted by Gasteiger charge is -2.13. The molecule has 7 nitrogen and oxygen atoms in total. The number of nitrogens with zero attached hydrogens (tertiary/aromatic N) is 2. The predicted molar refractivity (Wildman–Crippen MR) is 126 cm³/mol. The van der Waals surface area contributed by atoms with Crippen molar-refractivity contribution in [3.05, 3.63) is 86.9 Å². The van der Waals surface area contributed by atoms with Gasteiger partial charge in [-0.1, -0.05) is 12.1 Å². The van der Waals surface area contributed by atoms with Gasteiger partial charge in [-0.3, -0.25) is 10.1 Å². The summed E-state index contributed by atoms with van der Waals surface area (Å²) in [5.41, 5.74) is 3.38. The summed E-state index contributed by atoms with van der Waals surface area (Å²) in [6, 6.07) is 18.0. The fraction of sp³-hybridized carbons (Fsp3) is 0.125. The Morgan fingerprint density at radius 1 is 0.969 bits per heavy atom. The number of thiazole rings is 1. The molecule has 0 atom stereocenters. The molecule has 0 N–H and O–H groups in total. The monoisotopic (exact) mass is 448 g/mol. The Balaban J connectivity index is 1.91. The third kappa shape index (κ3) is 4.13. The number of methoxy groups -OCH3 is 3. The minimum Gasteiger partial charge on any atom is -0.493 e. The average molecular weight is 449 g/mol. The molecule has 32 heavy (non-hydrogen) atoms. The lowest BCUT2D eigenvalue weighted by atomic mass is 10.0. The van der Waals surface area contributed by atoms with Crippen LogP contribution in [-0.2, 0) is 0 Å². The van der Waals surface area contributed by atoms with E-state index in [9.17, 15) is 10.1 Å². The highest BCUT2D eigenvalue weighted by atomic mass is 32.1. The zero-order valence-corrected chi connectivity index (χ0v) is 18.5. The molecule has 0 fully saturated rings. The highest BCUT2D eigenvalue weighted by molar-refractivity contribution is 7.19. The summed E-state index contributed by atoms with van der Waals surface area (Å²) < 4.78 is 17.4. The molecule has 1 heterocycles. The molecule has 0 aliphatic heterocycles. The highest BCUT2D eigenvalue weighted by Crippen LogP contribution is 2.40. The minimum absolute atomic E-state index is 0.0326. The van der Waals surface area contributed by atoms with Gasteiger partial charge in [0, 0.05) is 17.7 Å². The maximum atomic E-state index is 11.1. The number of hydrogen-bond acceptors (Lipinski definition) is 7. The van der Waals surface area contributed by atoms with Crippen LogP contribution in [0.15, 0.2) is 60.7 Å². The topological polar surface area (TPSA) is 83.7 Å². The van der Waals surface area contributed by atoms with Gasteiger partial charge in [0.1, 0.15) is 5.01 Å². The first-order chi connectivity index (χ1) is 15.5. The summed E-state index contributed by atoms with van der Waals surface area (Å²) in [5.74, 6) is 1.57. The van der Waals surface area contributed by atoms with E-state index in [1.807, 2.05) is 42.5 Å². The van der Waals surface area contributed by atoms with Crippen molar-refractivity contribution in [2.45, 2.75) is 0 Å². The van der Waals surface area contributed by atoms with Crippen molar-refractivity contribution < 1.29 is 19.1 Å². The molecule has 0 amide bonds. The predicted octanol–water partition coefficient (Wildman–Crippen LogP) is 5.82. The van der Waals surface area contributed by atoms with Crippen molar-refractivity contribution in [3.63, 3.8) is 0 Å². The smallest absolute Gasteiger partial charge is 0.269 e. The van der Waals surface area contributed by atoms with E-state index in [1.54, 1.807) is 44.8 Å². The van der Waals surface area contributed by atoms with Gasteiger partial charge in [0.15, 0.2) is 11.5 Å². The molecular weight excluding hydrogens is 428 g/mol. The summed E-state index contributed by atoms with van der Waals surface area (Å²) in [6.45, 7) is 0. The first-order valence-corrected chi connectivity index (χ1v) is 10.5. The molecule has 0 aliphatic carbocycles. The maximum absolute atomic E-state index is 11.1. The zero-order chi connectivity index (χ0) is 22.7. The highest BCUT2D eigenvalue weighted by Gasteiger charge is 2.16. The second-order valence-corrected chi connectivity index (χ2v) is 7.84. The summed E-state index contributed by atoms with van der Waals surface area (Å²) in [7, 11) is 4.68. The van der Waals surface area contributed by atoms with Crippen molar-refractivity contribution >= 4 is 38.9 Å². The van der Waals surface area contributed by atoms with Gasteiger partial charge in [0.05, 0.1) is 36.5 Å². The Morgan fingerprint density at radius 3 is 2.19 bits per heavy atom. The van der Waals surface area contributed by atoms with Crippen molar-refractivity contribution in [2.75, 3.05) is 21.3 Å². The van der Waals surface area contributed by atoms with E-state index >= 15 is 0 Å². The lowest BCUT2D eigenvalue weighted by molar-refractivity contribution is -0.384. The average Bonchev–Trinajstić information content (AvgIpc) is 3.25. The van der Waals surface area contributed by atoms with Crippen LogP contribution >= 0.6 is 11.3 Å². The van der Waals surface area contributed by atoms with Gasteiger partial charge in [-0.25, -0.2) is 4.98 Å². The van der Waals surface area contributed by atoms with Gasteiger partial charge >= 0.3 is 0 Å². The molecule has 0 spiro atoms. The number of para-hydroxylation sites is 1. The first kappa shape index (κ1) is 21.3. The molecule has 8 heteroatoms. The summed E-state index contributed by atoms with van der Waals surface area (Å²) in [4.78, 5) is 15.5. The molecule has 3 aromatic carbocycles. The molecule has 1 aromatic heterocycles. The van der Waals surface area contributed by atoms with Crippen LogP contribution in [0.3, 0.4) is 0 Å². The minimum atomic E-state index is -0.413. The summed E-state index contributed by atoms with van der Waals surface area (Å²) in [6.07, 6.45) is 1.96. The van der Waals surface area contributed by atoms with E-state index in [0.717, 1.165) is 31.9 Å².